The fourth-order valence-electron chi connectivity index (χ4n) is 0.844. The van der Waals surface area contributed by atoms with Gasteiger partial charge in [-0.05, 0) is 13.0 Å². The minimum atomic E-state index is -0.805. The van der Waals surface area contributed by atoms with Crippen LogP contribution in [0.2, 0.25) is 0 Å². The molecule has 11 heavy (non-hydrogen) atoms. The standard InChI is InChI=1S/C7H11FN2S/c8-6(1-2-9)3-7-4-10-5-11-7/h4-6H,1-3,9H2. The highest BCUT2D eigenvalue weighted by molar-refractivity contribution is 7.09. The van der Waals surface area contributed by atoms with Crippen LogP contribution in [0, 0.1) is 0 Å². The molecule has 0 amide bonds. The molecule has 0 fully saturated rings. The number of alkyl halides is 1. The maximum Gasteiger partial charge on any atom is 0.106 e. The molecule has 2 N–H and O–H groups in total. The normalized spacial score (nSPS) is 13.3. The summed E-state index contributed by atoms with van der Waals surface area (Å²) >= 11 is 1.49. The summed E-state index contributed by atoms with van der Waals surface area (Å²) in [5.74, 6) is 0. The van der Waals surface area contributed by atoms with Crippen molar-refractivity contribution >= 4 is 11.3 Å². The molecule has 0 spiro atoms. The number of thiazole rings is 1. The van der Waals surface area contributed by atoms with Gasteiger partial charge in [0.1, 0.15) is 6.17 Å². The average molecular weight is 174 g/mol. The van der Waals surface area contributed by atoms with E-state index in [0.29, 0.717) is 19.4 Å². The molecule has 0 aliphatic rings. The maximum absolute atomic E-state index is 12.9. The van der Waals surface area contributed by atoms with Gasteiger partial charge in [0.05, 0.1) is 5.51 Å². The van der Waals surface area contributed by atoms with Gasteiger partial charge in [-0.1, -0.05) is 0 Å². The first kappa shape index (κ1) is 8.62. The van der Waals surface area contributed by atoms with Crippen molar-refractivity contribution in [2.75, 3.05) is 6.54 Å². The van der Waals surface area contributed by atoms with Crippen molar-refractivity contribution in [3.05, 3.63) is 16.6 Å². The second-order valence-corrected chi connectivity index (χ2v) is 3.32. The summed E-state index contributed by atoms with van der Waals surface area (Å²) in [5, 5.41) is 0. The van der Waals surface area contributed by atoms with Crippen LogP contribution >= 0.6 is 11.3 Å². The van der Waals surface area contributed by atoms with E-state index in [9.17, 15) is 4.39 Å². The molecule has 1 rings (SSSR count). The van der Waals surface area contributed by atoms with Crippen LogP contribution in [0.4, 0.5) is 4.39 Å². The van der Waals surface area contributed by atoms with Gasteiger partial charge >= 0.3 is 0 Å². The molecule has 0 saturated carbocycles. The van der Waals surface area contributed by atoms with E-state index >= 15 is 0 Å². The van der Waals surface area contributed by atoms with Crippen molar-refractivity contribution in [3.63, 3.8) is 0 Å². The SMILES string of the molecule is NCCC(F)Cc1cncs1. The lowest BCUT2D eigenvalue weighted by molar-refractivity contribution is 0.318. The third kappa shape index (κ3) is 2.95. The van der Waals surface area contributed by atoms with Gasteiger partial charge in [0.15, 0.2) is 0 Å². The van der Waals surface area contributed by atoms with Gasteiger partial charge in [0.2, 0.25) is 0 Å². The highest BCUT2D eigenvalue weighted by Gasteiger charge is 2.06. The smallest absolute Gasteiger partial charge is 0.106 e. The zero-order valence-corrected chi connectivity index (χ0v) is 6.98. The molecule has 0 aliphatic carbocycles. The maximum atomic E-state index is 12.9. The molecule has 1 aromatic rings. The van der Waals surface area contributed by atoms with Crippen LogP contribution in [-0.4, -0.2) is 17.7 Å². The minimum Gasteiger partial charge on any atom is -0.330 e. The first-order valence-corrected chi connectivity index (χ1v) is 4.42. The third-order valence-electron chi connectivity index (χ3n) is 1.39. The molecule has 1 unspecified atom stereocenters. The molecule has 0 aromatic carbocycles. The Morgan fingerprint density at radius 3 is 3.09 bits per heavy atom. The Hall–Kier alpha value is -0.480. The zero-order valence-electron chi connectivity index (χ0n) is 6.16. The van der Waals surface area contributed by atoms with Crippen molar-refractivity contribution in [1.82, 2.24) is 4.98 Å². The lowest BCUT2D eigenvalue weighted by Crippen LogP contribution is -2.10. The summed E-state index contributed by atoms with van der Waals surface area (Å²) in [7, 11) is 0. The van der Waals surface area contributed by atoms with Gasteiger partial charge in [0.25, 0.3) is 0 Å². The highest BCUT2D eigenvalue weighted by Crippen LogP contribution is 2.11. The fourth-order valence-corrected chi connectivity index (χ4v) is 1.50. The number of nitrogens with two attached hydrogens (primary N) is 1. The van der Waals surface area contributed by atoms with Crippen molar-refractivity contribution in [2.24, 2.45) is 5.73 Å². The van der Waals surface area contributed by atoms with Gasteiger partial charge in [-0.15, -0.1) is 11.3 Å². The van der Waals surface area contributed by atoms with Crippen LogP contribution in [0.3, 0.4) is 0 Å². The molecule has 1 heterocycles. The van der Waals surface area contributed by atoms with Gasteiger partial charge in [0, 0.05) is 17.5 Å². The molecular weight excluding hydrogens is 163 g/mol. The summed E-state index contributed by atoms with van der Waals surface area (Å²) in [6.07, 6.45) is 1.80. The summed E-state index contributed by atoms with van der Waals surface area (Å²) in [6, 6.07) is 0. The molecule has 0 bridgehead atoms. The fraction of sp³-hybridized carbons (Fsp3) is 0.571. The quantitative estimate of drug-likeness (QED) is 0.748. The van der Waals surface area contributed by atoms with Crippen molar-refractivity contribution in [3.8, 4) is 0 Å². The van der Waals surface area contributed by atoms with Crippen LogP contribution < -0.4 is 5.73 Å². The third-order valence-corrected chi connectivity index (χ3v) is 2.19. The van der Waals surface area contributed by atoms with Crippen LogP contribution in [0.15, 0.2) is 11.7 Å². The number of halogens is 1. The average Bonchev–Trinajstić information content (AvgIpc) is 2.40. The molecule has 0 radical (unpaired) electrons. The molecule has 1 atom stereocenters. The molecule has 1 aromatic heterocycles. The van der Waals surface area contributed by atoms with Crippen molar-refractivity contribution < 1.29 is 4.39 Å². The Morgan fingerprint density at radius 1 is 1.73 bits per heavy atom. The second-order valence-electron chi connectivity index (χ2n) is 2.35. The van der Waals surface area contributed by atoms with E-state index in [1.165, 1.54) is 11.3 Å². The van der Waals surface area contributed by atoms with Gasteiger partial charge in [-0.3, -0.25) is 4.98 Å². The van der Waals surface area contributed by atoms with E-state index in [4.69, 9.17) is 5.73 Å². The number of hydrogen-bond acceptors (Lipinski definition) is 3. The summed E-state index contributed by atoms with van der Waals surface area (Å²) in [5.41, 5.74) is 6.92. The minimum absolute atomic E-state index is 0.417. The van der Waals surface area contributed by atoms with Crippen LogP contribution in [0.5, 0.6) is 0 Å². The number of aromatic nitrogens is 1. The Kier molecular flexibility index (Phi) is 3.45. The lowest BCUT2D eigenvalue weighted by Gasteiger charge is -2.02. The Morgan fingerprint density at radius 2 is 2.55 bits per heavy atom. The van der Waals surface area contributed by atoms with Crippen molar-refractivity contribution in [2.45, 2.75) is 19.0 Å². The Bertz CT molecular complexity index is 188. The van der Waals surface area contributed by atoms with Gasteiger partial charge in [-0.25, -0.2) is 4.39 Å². The van der Waals surface area contributed by atoms with Gasteiger partial charge < -0.3 is 5.73 Å². The largest absolute Gasteiger partial charge is 0.330 e. The molecule has 62 valence electrons. The monoisotopic (exact) mass is 174 g/mol. The summed E-state index contributed by atoms with van der Waals surface area (Å²) in [4.78, 5) is 4.85. The predicted octanol–water partition coefficient (Wildman–Crippen LogP) is 1.37. The van der Waals surface area contributed by atoms with Crippen molar-refractivity contribution in [1.29, 1.82) is 0 Å². The highest BCUT2D eigenvalue weighted by atomic mass is 32.1. The first-order chi connectivity index (χ1) is 5.33. The molecule has 0 saturated heterocycles. The van der Waals surface area contributed by atoms with Crippen LogP contribution in [0.1, 0.15) is 11.3 Å². The summed E-state index contributed by atoms with van der Waals surface area (Å²) in [6.45, 7) is 0.417. The predicted molar refractivity (Wildman–Crippen MR) is 44.4 cm³/mol. The lowest BCUT2D eigenvalue weighted by atomic mass is 10.2. The van der Waals surface area contributed by atoms with E-state index in [1.807, 2.05) is 0 Å². The van der Waals surface area contributed by atoms with E-state index < -0.39 is 6.17 Å². The van der Waals surface area contributed by atoms with Crippen LogP contribution in [0.25, 0.3) is 0 Å². The Labute approximate surface area is 69.3 Å². The number of nitrogens with zero attached hydrogens (tertiary/aromatic N) is 1. The summed E-state index contributed by atoms with van der Waals surface area (Å²) < 4.78 is 12.9. The number of hydrogen-bond donors (Lipinski definition) is 1. The second kappa shape index (κ2) is 4.41. The molecule has 2 nitrogen and oxygen atoms in total. The Balaban J connectivity index is 2.31. The molecule has 0 aliphatic heterocycles. The van der Waals surface area contributed by atoms with E-state index in [-0.39, 0.29) is 0 Å². The van der Waals surface area contributed by atoms with E-state index in [2.05, 4.69) is 4.98 Å². The van der Waals surface area contributed by atoms with Crippen LogP contribution in [-0.2, 0) is 6.42 Å². The topological polar surface area (TPSA) is 38.9 Å². The van der Waals surface area contributed by atoms with E-state index in [1.54, 1.807) is 11.7 Å². The first-order valence-electron chi connectivity index (χ1n) is 3.54. The number of rotatable bonds is 4. The zero-order chi connectivity index (χ0) is 8.10. The van der Waals surface area contributed by atoms with E-state index in [0.717, 1.165) is 4.88 Å². The molecular formula is C7H11FN2S. The molecule has 4 heteroatoms. The van der Waals surface area contributed by atoms with Gasteiger partial charge in [-0.2, -0.15) is 0 Å².